The Morgan fingerprint density at radius 2 is 2.11 bits per heavy atom. The number of halogens is 1. The van der Waals surface area contributed by atoms with Crippen LogP contribution in [0.1, 0.15) is 25.3 Å². The summed E-state index contributed by atoms with van der Waals surface area (Å²) in [4.78, 5) is 2.29. The molecule has 1 saturated heterocycles. The van der Waals surface area contributed by atoms with Crippen LogP contribution in [0.15, 0.2) is 18.2 Å². The van der Waals surface area contributed by atoms with Crippen LogP contribution in [0.4, 0.5) is 4.39 Å². The van der Waals surface area contributed by atoms with Crippen LogP contribution in [0.3, 0.4) is 0 Å². The van der Waals surface area contributed by atoms with Gasteiger partial charge in [-0.25, -0.2) is 4.39 Å². The lowest BCUT2D eigenvalue weighted by atomic mass is 9.91. The third-order valence-corrected chi connectivity index (χ3v) is 4.03. The molecule has 0 amide bonds. The van der Waals surface area contributed by atoms with E-state index in [1.54, 1.807) is 6.07 Å². The maximum absolute atomic E-state index is 14.1. The molecule has 1 fully saturated rings. The highest BCUT2D eigenvalue weighted by Crippen LogP contribution is 2.24. The van der Waals surface area contributed by atoms with Crippen LogP contribution in [-0.2, 0) is 6.54 Å². The third-order valence-electron chi connectivity index (χ3n) is 4.03. The molecule has 1 heterocycles. The van der Waals surface area contributed by atoms with Crippen LogP contribution >= 0.6 is 0 Å². The SMILES string of the molecule is COc1cccc(CN2CCC(C(C)N)CC2)c1F. The van der Waals surface area contributed by atoms with Gasteiger partial charge >= 0.3 is 0 Å². The Balaban J connectivity index is 1.96. The van der Waals surface area contributed by atoms with E-state index >= 15 is 0 Å². The Bertz CT molecular complexity index is 415. The number of nitrogens with two attached hydrogens (primary N) is 1. The monoisotopic (exact) mass is 266 g/mol. The van der Waals surface area contributed by atoms with Crippen LogP contribution in [0, 0.1) is 11.7 Å². The smallest absolute Gasteiger partial charge is 0.169 e. The second kappa shape index (κ2) is 6.35. The van der Waals surface area contributed by atoms with Gasteiger partial charge in [-0.3, -0.25) is 4.90 Å². The van der Waals surface area contributed by atoms with Gasteiger partial charge in [0.25, 0.3) is 0 Å². The molecular weight excluding hydrogens is 243 g/mol. The van der Waals surface area contributed by atoms with E-state index in [-0.39, 0.29) is 11.9 Å². The molecule has 2 N–H and O–H groups in total. The van der Waals surface area contributed by atoms with Gasteiger partial charge in [0.05, 0.1) is 7.11 Å². The molecule has 0 spiro atoms. The van der Waals surface area contributed by atoms with Crippen LogP contribution in [-0.4, -0.2) is 31.1 Å². The topological polar surface area (TPSA) is 38.5 Å². The molecule has 1 atom stereocenters. The molecule has 1 aromatic carbocycles. The van der Waals surface area contributed by atoms with Crippen molar-refractivity contribution in [1.29, 1.82) is 0 Å². The van der Waals surface area contributed by atoms with Gasteiger partial charge < -0.3 is 10.5 Å². The minimum absolute atomic E-state index is 0.237. The molecule has 1 aliphatic heterocycles. The Hall–Kier alpha value is -1.13. The highest BCUT2D eigenvalue weighted by molar-refractivity contribution is 5.31. The van der Waals surface area contributed by atoms with Crippen molar-refractivity contribution in [3.63, 3.8) is 0 Å². The van der Waals surface area contributed by atoms with E-state index in [9.17, 15) is 4.39 Å². The summed E-state index contributed by atoms with van der Waals surface area (Å²) >= 11 is 0. The van der Waals surface area contributed by atoms with E-state index in [1.807, 2.05) is 12.1 Å². The van der Waals surface area contributed by atoms with Crippen molar-refractivity contribution in [3.8, 4) is 5.75 Å². The van der Waals surface area contributed by atoms with Gasteiger partial charge in [-0.1, -0.05) is 12.1 Å². The molecule has 0 aromatic heterocycles. The Labute approximate surface area is 114 Å². The number of benzene rings is 1. The van der Waals surface area contributed by atoms with Crippen molar-refractivity contribution in [2.45, 2.75) is 32.4 Å². The minimum Gasteiger partial charge on any atom is -0.494 e. The minimum atomic E-state index is -0.237. The molecule has 2 rings (SSSR count). The number of nitrogens with zero attached hydrogens (tertiary/aromatic N) is 1. The molecule has 3 nitrogen and oxygen atoms in total. The number of piperidine rings is 1. The Kier molecular flexibility index (Phi) is 4.77. The molecule has 1 aromatic rings. The van der Waals surface area contributed by atoms with E-state index in [1.165, 1.54) is 7.11 Å². The fourth-order valence-corrected chi connectivity index (χ4v) is 2.71. The van der Waals surface area contributed by atoms with Crippen molar-refractivity contribution in [3.05, 3.63) is 29.6 Å². The van der Waals surface area contributed by atoms with E-state index in [2.05, 4.69) is 11.8 Å². The summed E-state index contributed by atoms with van der Waals surface area (Å²) in [6.45, 7) is 4.70. The first-order chi connectivity index (χ1) is 9.11. The average Bonchev–Trinajstić information content (AvgIpc) is 2.42. The molecule has 1 aliphatic rings. The van der Waals surface area contributed by atoms with Gasteiger partial charge in [0.2, 0.25) is 0 Å². The standard InChI is InChI=1S/C15H23FN2O/c1-11(17)12-6-8-18(9-7-12)10-13-4-3-5-14(19-2)15(13)16/h3-5,11-12H,6-10,17H2,1-2H3. The molecule has 0 aliphatic carbocycles. The normalized spacial score (nSPS) is 19.4. The molecular formula is C15H23FN2O. The molecule has 0 bridgehead atoms. The van der Waals surface area contributed by atoms with Crippen molar-refractivity contribution < 1.29 is 9.13 Å². The summed E-state index contributed by atoms with van der Waals surface area (Å²) in [6.07, 6.45) is 2.20. The van der Waals surface area contributed by atoms with E-state index in [0.29, 0.717) is 23.8 Å². The number of ether oxygens (including phenoxy) is 1. The third kappa shape index (κ3) is 3.45. The van der Waals surface area contributed by atoms with Gasteiger partial charge in [0.15, 0.2) is 11.6 Å². The van der Waals surface area contributed by atoms with Crippen LogP contribution < -0.4 is 10.5 Å². The first kappa shape index (κ1) is 14.3. The number of rotatable bonds is 4. The zero-order valence-corrected chi connectivity index (χ0v) is 11.7. The molecule has 0 saturated carbocycles. The average molecular weight is 266 g/mol. The predicted octanol–water partition coefficient (Wildman–Crippen LogP) is 2.39. The number of hydrogen-bond acceptors (Lipinski definition) is 3. The van der Waals surface area contributed by atoms with E-state index in [0.717, 1.165) is 25.9 Å². The first-order valence-electron chi connectivity index (χ1n) is 6.91. The van der Waals surface area contributed by atoms with E-state index in [4.69, 9.17) is 10.5 Å². The zero-order valence-electron chi connectivity index (χ0n) is 11.7. The molecule has 4 heteroatoms. The van der Waals surface area contributed by atoms with Gasteiger partial charge in [0, 0.05) is 18.2 Å². The summed E-state index contributed by atoms with van der Waals surface area (Å²) < 4.78 is 19.1. The zero-order chi connectivity index (χ0) is 13.8. The lowest BCUT2D eigenvalue weighted by Gasteiger charge is -2.33. The lowest BCUT2D eigenvalue weighted by Crippen LogP contribution is -2.39. The summed E-state index contributed by atoms with van der Waals surface area (Å²) in [7, 11) is 1.50. The summed E-state index contributed by atoms with van der Waals surface area (Å²) in [5.41, 5.74) is 6.64. The van der Waals surface area contributed by atoms with Gasteiger partial charge in [-0.15, -0.1) is 0 Å². The fourth-order valence-electron chi connectivity index (χ4n) is 2.71. The number of likely N-dealkylation sites (tertiary alicyclic amines) is 1. The summed E-state index contributed by atoms with van der Waals surface area (Å²) in [5, 5.41) is 0. The fraction of sp³-hybridized carbons (Fsp3) is 0.600. The molecule has 106 valence electrons. The van der Waals surface area contributed by atoms with Crippen LogP contribution in [0.5, 0.6) is 5.75 Å². The number of methoxy groups -OCH3 is 1. The maximum Gasteiger partial charge on any atom is 0.169 e. The Morgan fingerprint density at radius 1 is 1.42 bits per heavy atom. The summed E-state index contributed by atoms with van der Waals surface area (Å²) in [6, 6.07) is 5.58. The van der Waals surface area contributed by atoms with Gasteiger partial charge in [-0.05, 0) is 44.8 Å². The van der Waals surface area contributed by atoms with Crippen molar-refractivity contribution >= 4 is 0 Å². The van der Waals surface area contributed by atoms with Gasteiger partial charge in [0.1, 0.15) is 0 Å². The molecule has 0 radical (unpaired) electrons. The highest BCUT2D eigenvalue weighted by atomic mass is 19.1. The first-order valence-corrected chi connectivity index (χ1v) is 6.91. The van der Waals surface area contributed by atoms with Crippen molar-refractivity contribution in [2.75, 3.05) is 20.2 Å². The molecule has 1 unspecified atom stereocenters. The second-order valence-electron chi connectivity index (χ2n) is 5.41. The van der Waals surface area contributed by atoms with Crippen LogP contribution in [0.2, 0.25) is 0 Å². The maximum atomic E-state index is 14.1. The van der Waals surface area contributed by atoms with Gasteiger partial charge in [-0.2, -0.15) is 0 Å². The predicted molar refractivity (Wildman–Crippen MR) is 74.6 cm³/mol. The molecule has 19 heavy (non-hydrogen) atoms. The number of hydrogen-bond donors (Lipinski definition) is 1. The largest absolute Gasteiger partial charge is 0.494 e. The Morgan fingerprint density at radius 3 is 2.68 bits per heavy atom. The van der Waals surface area contributed by atoms with Crippen molar-refractivity contribution in [2.24, 2.45) is 11.7 Å². The van der Waals surface area contributed by atoms with Crippen LogP contribution in [0.25, 0.3) is 0 Å². The van der Waals surface area contributed by atoms with Crippen molar-refractivity contribution in [1.82, 2.24) is 4.90 Å². The van der Waals surface area contributed by atoms with E-state index < -0.39 is 0 Å². The summed E-state index contributed by atoms with van der Waals surface area (Å²) in [5.74, 6) is 0.689. The lowest BCUT2D eigenvalue weighted by molar-refractivity contribution is 0.164. The quantitative estimate of drug-likeness (QED) is 0.909. The highest BCUT2D eigenvalue weighted by Gasteiger charge is 2.22. The second-order valence-corrected chi connectivity index (χ2v) is 5.41.